The van der Waals surface area contributed by atoms with Crippen LogP contribution in [0.3, 0.4) is 0 Å². The maximum absolute atomic E-state index is 13.4. The maximum Gasteiger partial charge on any atom is 0.254 e. The van der Waals surface area contributed by atoms with Gasteiger partial charge in [-0.2, -0.15) is 0 Å². The summed E-state index contributed by atoms with van der Waals surface area (Å²) < 4.78 is 14.6. The van der Waals surface area contributed by atoms with Crippen LogP contribution in [0.25, 0.3) is 10.2 Å². The minimum absolute atomic E-state index is 0.110. The molecule has 4 rings (SSSR count). The van der Waals surface area contributed by atoms with Gasteiger partial charge in [0.2, 0.25) is 0 Å². The Bertz CT molecular complexity index is 947. The number of fused-ring (bicyclic) bond motifs is 1. The van der Waals surface area contributed by atoms with E-state index in [0.29, 0.717) is 18.7 Å². The number of benzene rings is 2. The monoisotopic (exact) mass is 369 g/mol. The fourth-order valence-corrected chi connectivity index (χ4v) is 4.38. The van der Waals surface area contributed by atoms with E-state index in [2.05, 4.69) is 30.0 Å². The summed E-state index contributed by atoms with van der Waals surface area (Å²) in [5, 5.41) is 1.01. The fraction of sp³-hybridized carbons (Fsp3) is 0.300. The molecule has 0 radical (unpaired) electrons. The van der Waals surface area contributed by atoms with Crippen molar-refractivity contribution in [3.8, 4) is 0 Å². The molecule has 2 heterocycles. The first kappa shape index (κ1) is 17.0. The largest absolute Gasteiger partial charge is 0.345 e. The van der Waals surface area contributed by atoms with Gasteiger partial charge in [0, 0.05) is 31.7 Å². The van der Waals surface area contributed by atoms with Gasteiger partial charge in [0.25, 0.3) is 5.91 Å². The summed E-state index contributed by atoms with van der Waals surface area (Å²) in [4.78, 5) is 21.4. The molecule has 134 valence electrons. The normalized spacial score (nSPS) is 14.8. The van der Waals surface area contributed by atoms with Crippen molar-refractivity contribution >= 4 is 32.6 Å². The van der Waals surface area contributed by atoms with Gasteiger partial charge in [0.05, 0.1) is 10.2 Å². The third-order valence-corrected chi connectivity index (χ3v) is 5.86. The first-order chi connectivity index (χ1) is 12.7. The number of aromatic nitrogens is 1. The Morgan fingerprint density at radius 3 is 2.65 bits per heavy atom. The lowest BCUT2D eigenvalue weighted by atomic mass is 10.1. The molecule has 1 aromatic heterocycles. The van der Waals surface area contributed by atoms with Gasteiger partial charge in [-0.3, -0.25) is 4.79 Å². The van der Waals surface area contributed by atoms with Gasteiger partial charge in [-0.1, -0.05) is 36.5 Å². The second-order valence-electron chi connectivity index (χ2n) is 6.40. The van der Waals surface area contributed by atoms with Gasteiger partial charge in [0.1, 0.15) is 5.82 Å². The number of amides is 1. The molecule has 0 bridgehead atoms. The van der Waals surface area contributed by atoms with Gasteiger partial charge in [-0.05, 0) is 36.2 Å². The van der Waals surface area contributed by atoms with E-state index in [9.17, 15) is 9.18 Å². The summed E-state index contributed by atoms with van der Waals surface area (Å²) in [6, 6.07) is 12.2. The maximum atomic E-state index is 13.4. The molecular weight excluding hydrogens is 349 g/mol. The Morgan fingerprint density at radius 1 is 1.15 bits per heavy atom. The van der Waals surface area contributed by atoms with E-state index in [4.69, 9.17) is 4.98 Å². The van der Waals surface area contributed by atoms with E-state index in [1.54, 1.807) is 28.4 Å². The number of carbonyl (C=O) groups excluding carboxylic acids is 1. The van der Waals surface area contributed by atoms with Gasteiger partial charge in [-0.25, -0.2) is 9.37 Å². The molecule has 6 heteroatoms. The number of para-hydroxylation sites is 1. The standard InChI is InChI=1S/C20H20FN3OS/c1-2-14-5-4-8-17-18(14)22-20(26-17)24-11-9-23(10-12-24)19(25)15-6-3-7-16(21)13-15/h3-8,13H,2,9-12H2,1H3. The van der Waals surface area contributed by atoms with Crippen molar-refractivity contribution in [1.29, 1.82) is 0 Å². The summed E-state index contributed by atoms with van der Waals surface area (Å²) in [5.41, 5.74) is 2.77. The van der Waals surface area contributed by atoms with Crippen molar-refractivity contribution in [2.24, 2.45) is 0 Å². The van der Waals surface area contributed by atoms with Crippen LogP contribution in [0.5, 0.6) is 0 Å². The van der Waals surface area contributed by atoms with Crippen molar-refractivity contribution in [3.63, 3.8) is 0 Å². The van der Waals surface area contributed by atoms with Gasteiger partial charge < -0.3 is 9.80 Å². The van der Waals surface area contributed by atoms with Crippen LogP contribution < -0.4 is 4.90 Å². The number of thiazole rings is 1. The highest BCUT2D eigenvalue weighted by molar-refractivity contribution is 7.22. The Hall–Kier alpha value is -2.47. The van der Waals surface area contributed by atoms with Crippen molar-refractivity contribution in [1.82, 2.24) is 9.88 Å². The number of piperazine rings is 1. The number of hydrogen-bond acceptors (Lipinski definition) is 4. The van der Waals surface area contributed by atoms with Crippen molar-refractivity contribution in [2.45, 2.75) is 13.3 Å². The zero-order chi connectivity index (χ0) is 18.1. The molecule has 0 aliphatic carbocycles. The lowest BCUT2D eigenvalue weighted by molar-refractivity contribution is 0.0746. The van der Waals surface area contributed by atoms with Crippen LogP contribution in [0, 0.1) is 5.82 Å². The summed E-state index contributed by atoms with van der Waals surface area (Å²) in [6.07, 6.45) is 0.969. The summed E-state index contributed by atoms with van der Waals surface area (Å²) >= 11 is 1.70. The Kier molecular flexibility index (Phi) is 4.59. The summed E-state index contributed by atoms with van der Waals surface area (Å²) in [7, 11) is 0. The van der Waals surface area contributed by atoms with Crippen molar-refractivity contribution < 1.29 is 9.18 Å². The van der Waals surface area contributed by atoms with E-state index in [1.165, 1.54) is 22.4 Å². The Balaban J connectivity index is 1.47. The fourth-order valence-electron chi connectivity index (χ4n) is 3.32. The molecule has 1 saturated heterocycles. The van der Waals surface area contributed by atoms with Crippen LogP contribution in [-0.2, 0) is 6.42 Å². The first-order valence-corrected chi connectivity index (χ1v) is 9.65. The van der Waals surface area contributed by atoms with Gasteiger partial charge in [0.15, 0.2) is 5.13 Å². The van der Waals surface area contributed by atoms with Crippen LogP contribution in [0.15, 0.2) is 42.5 Å². The molecule has 1 amide bonds. The predicted molar refractivity (Wildman–Crippen MR) is 104 cm³/mol. The molecule has 1 aliphatic rings. The molecule has 0 N–H and O–H groups in total. The molecule has 1 fully saturated rings. The van der Waals surface area contributed by atoms with E-state index < -0.39 is 0 Å². The van der Waals surface area contributed by atoms with Crippen LogP contribution >= 0.6 is 11.3 Å². The molecular formula is C20H20FN3OS. The molecule has 0 spiro atoms. The van der Waals surface area contributed by atoms with E-state index in [-0.39, 0.29) is 11.7 Å². The predicted octanol–water partition coefficient (Wildman–Crippen LogP) is 3.96. The first-order valence-electron chi connectivity index (χ1n) is 8.84. The lowest BCUT2D eigenvalue weighted by Crippen LogP contribution is -2.48. The van der Waals surface area contributed by atoms with Gasteiger partial charge in [-0.15, -0.1) is 0 Å². The molecule has 4 nitrogen and oxygen atoms in total. The number of halogens is 1. The summed E-state index contributed by atoms with van der Waals surface area (Å²) in [6.45, 7) is 4.85. The molecule has 0 saturated carbocycles. The number of anilines is 1. The van der Waals surface area contributed by atoms with Crippen LogP contribution in [0.1, 0.15) is 22.8 Å². The van der Waals surface area contributed by atoms with E-state index in [0.717, 1.165) is 30.2 Å². The topological polar surface area (TPSA) is 36.4 Å². The third-order valence-electron chi connectivity index (χ3n) is 4.78. The summed E-state index contributed by atoms with van der Waals surface area (Å²) in [5.74, 6) is -0.489. The zero-order valence-corrected chi connectivity index (χ0v) is 15.4. The highest BCUT2D eigenvalue weighted by Crippen LogP contribution is 2.31. The van der Waals surface area contributed by atoms with Crippen LogP contribution in [0.2, 0.25) is 0 Å². The average molecular weight is 369 g/mol. The Labute approximate surface area is 155 Å². The SMILES string of the molecule is CCc1cccc2sc(N3CCN(C(=O)c4cccc(F)c4)CC3)nc12. The number of hydrogen-bond donors (Lipinski definition) is 0. The van der Waals surface area contributed by atoms with Crippen molar-refractivity contribution in [2.75, 3.05) is 31.1 Å². The lowest BCUT2D eigenvalue weighted by Gasteiger charge is -2.34. The molecule has 26 heavy (non-hydrogen) atoms. The molecule has 1 aliphatic heterocycles. The number of aryl methyl sites for hydroxylation is 1. The second kappa shape index (κ2) is 7.03. The highest BCUT2D eigenvalue weighted by atomic mass is 32.1. The van der Waals surface area contributed by atoms with Gasteiger partial charge >= 0.3 is 0 Å². The van der Waals surface area contributed by atoms with E-state index >= 15 is 0 Å². The molecule has 3 aromatic rings. The second-order valence-corrected chi connectivity index (χ2v) is 7.41. The smallest absolute Gasteiger partial charge is 0.254 e. The van der Waals surface area contributed by atoms with Crippen LogP contribution in [-0.4, -0.2) is 42.0 Å². The van der Waals surface area contributed by atoms with Crippen LogP contribution in [0.4, 0.5) is 9.52 Å². The average Bonchev–Trinajstić information content (AvgIpc) is 3.12. The zero-order valence-electron chi connectivity index (χ0n) is 14.6. The van der Waals surface area contributed by atoms with Crippen molar-refractivity contribution in [3.05, 3.63) is 59.4 Å². The number of nitrogens with zero attached hydrogens (tertiary/aromatic N) is 3. The molecule has 0 unspecified atom stereocenters. The molecule has 2 aromatic carbocycles. The molecule has 0 atom stereocenters. The number of rotatable bonds is 3. The number of carbonyl (C=O) groups is 1. The minimum Gasteiger partial charge on any atom is -0.345 e. The third kappa shape index (κ3) is 3.17. The quantitative estimate of drug-likeness (QED) is 0.701. The minimum atomic E-state index is -0.379. The van der Waals surface area contributed by atoms with E-state index in [1.807, 2.05) is 0 Å². The highest BCUT2D eigenvalue weighted by Gasteiger charge is 2.24. The Morgan fingerprint density at radius 2 is 1.92 bits per heavy atom.